The van der Waals surface area contributed by atoms with E-state index in [1.807, 2.05) is 0 Å². The molecule has 20 heavy (non-hydrogen) atoms. The molecule has 112 valence electrons. The highest BCUT2D eigenvalue weighted by molar-refractivity contribution is 7.89. The first-order valence-corrected chi connectivity index (χ1v) is 8.67. The summed E-state index contributed by atoms with van der Waals surface area (Å²) in [6.07, 6.45) is 3.41. The van der Waals surface area contributed by atoms with Crippen molar-refractivity contribution in [3.05, 3.63) is 16.3 Å². The molecule has 1 aliphatic rings. The molecule has 0 bridgehead atoms. The highest BCUT2D eigenvalue weighted by Crippen LogP contribution is 2.24. The fraction of sp³-hybridized carbons (Fsp3) is 0.583. The third-order valence-corrected chi connectivity index (χ3v) is 5.95. The van der Waals surface area contributed by atoms with Crippen LogP contribution in [-0.2, 0) is 14.8 Å². The molecular formula is C12H17NO5S2. The molecule has 1 heterocycles. The van der Waals surface area contributed by atoms with Crippen LogP contribution in [0.25, 0.3) is 0 Å². The Morgan fingerprint density at radius 2 is 2.15 bits per heavy atom. The van der Waals surface area contributed by atoms with Gasteiger partial charge in [-0.25, -0.2) is 17.9 Å². The summed E-state index contributed by atoms with van der Waals surface area (Å²) in [5.41, 5.74) is 0. The Balaban J connectivity index is 2.15. The van der Waals surface area contributed by atoms with E-state index in [9.17, 15) is 13.2 Å². The second kappa shape index (κ2) is 6.21. The number of carbonyl (C=O) groups is 1. The van der Waals surface area contributed by atoms with Gasteiger partial charge in [0.2, 0.25) is 10.0 Å². The fourth-order valence-electron chi connectivity index (χ4n) is 2.35. The predicted octanol–water partition coefficient (Wildman–Crippen LogP) is 1.68. The Morgan fingerprint density at radius 3 is 2.75 bits per heavy atom. The minimum Gasteiger partial charge on any atom is -0.477 e. The number of sulfonamides is 1. The Labute approximate surface area is 121 Å². The van der Waals surface area contributed by atoms with Crippen molar-refractivity contribution in [3.63, 3.8) is 0 Å². The number of ether oxygens (including phenoxy) is 1. The van der Waals surface area contributed by atoms with Crippen LogP contribution in [0.2, 0.25) is 0 Å². The zero-order chi connectivity index (χ0) is 14.8. The van der Waals surface area contributed by atoms with E-state index in [0.29, 0.717) is 0 Å². The predicted molar refractivity (Wildman–Crippen MR) is 74.7 cm³/mol. The summed E-state index contributed by atoms with van der Waals surface area (Å²) in [7, 11) is -2.12. The van der Waals surface area contributed by atoms with Crippen molar-refractivity contribution in [2.24, 2.45) is 0 Å². The molecule has 1 saturated carbocycles. The van der Waals surface area contributed by atoms with Gasteiger partial charge >= 0.3 is 5.97 Å². The SMILES string of the molecule is CO[C@H]1CCCC[C@@H]1NS(=O)(=O)c1csc(C(=O)O)c1. The number of methoxy groups -OCH3 is 1. The van der Waals surface area contributed by atoms with Crippen molar-refractivity contribution < 1.29 is 23.1 Å². The molecule has 0 amide bonds. The molecule has 6 nitrogen and oxygen atoms in total. The van der Waals surface area contributed by atoms with Gasteiger partial charge < -0.3 is 9.84 Å². The summed E-state index contributed by atoms with van der Waals surface area (Å²) in [6, 6.07) is 0.923. The maximum Gasteiger partial charge on any atom is 0.345 e. The van der Waals surface area contributed by atoms with Crippen molar-refractivity contribution in [3.8, 4) is 0 Å². The normalized spacial score (nSPS) is 23.6. The third kappa shape index (κ3) is 3.38. The molecular weight excluding hydrogens is 302 g/mol. The van der Waals surface area contributed by atoms with Gasteiger partial charge in [0.25, 0.3) is 0 Å². The summed E-state index contributed by atoms with van der Waals surface area (Å²) in [5.74, 6) is -1.12. The van der Waals surface area contributed by atoms with Crippen LogP contribution in [0.15, 0.2) is 16.3 Å². The molecule has 2 rings (SSSR count). The van der Waals surface area contributed by atoms with E-state index < -0.39 is 16.0 Å². The molecule has 8 heteroatoms. The van der Waals surface area contributed by atoms with Crippen LogP contribution < -0.4 is 4.72 Å². The van der Waals surface area contributed by atoms with Gasteiger partial charge in [0.1, 0.15) is 4.88 Å². The quantitative estimate of drug-likeness (QED) is 0.861. The van der Waals surface area contributed by atoms with Gasteiger partial charge in [-0.1, -0.05) is 12.8 Å². The molecule has 0 unspecified atom stereocenters. The number of hydrogen-bond acceptors (Lipinski definition) is 5. The van der Waals surface area contributed by atoms with E-state index in [0.717, 1.165) is 37.0 Å². The highest BCUT2D eigenvalue weighted by atomic mass is 32.2. The van der Waals surface area contributed by atoms with Crippen LogP contribution in [0.4, 0.5) is 0 Å². The monoisotopic (exact) mass is 319 g/mol. The Kier molecular flexibility index (Phi) is 4.79. The fourth-order valence-corrected chi connectivity index (χ4v) is 4.76. The lowest BCUT2D eigenvalue weighted by Crippen LogP contribution is -2.45. The Bertz CT molecular complexity index is 580. The topological polar surface area (TPSA) is 92.7 Å². The number of rotatable bonds is 5. The van der Waals surface area contributed by atoms with E-state index in [1.54, 1.807) is 7.11 Å². The van der Waals surface area contributed by atoms with Crippen LogP contribution in [0.3, 0.4) is 0 Å². The van der Waals surface area contributed by atoms with Gasteiger partial charge in [-0.3, -0.25) is 0 Å². The van der Waals surface area contributed by atoms with Gasteiger partial charge in [-0.15, -0.1) is 11.3 Å². The van der Waals surface area contributed by atoms with Crippen LogP contribution in [0.5, 0.6) is 0 Å². The molecule has 0 saturated heterocycles. The first kappa shape index (κ1) is 15.4. The second-order valence-corrected chi connectivity index (χ2v) is 7.36. The molecule has 2 N–H and O–H groups in total. The largest absolute Gasteiger partial charge is 0.477 e. The van der Waals surface area contributed by atoms with Gasteiger partial charge in [0.15, 0.2) is 0 Å². The molecule has 1 fully saturated rings. The smallest absolute Gasteiger partial charge is 0.345 e. The van der Waals surface area contributed by atoms with Crippen molar-refractivity contribution in [1.82, 2.24) is 4.72 Å². The van der Waals surface area contributed by atoms with E-state index in [2.05, 4.69) is 4.72 Å². The maximum absolute atomic E-state index is 12.2. The second-order valence-electron chi connectivity index (χ2n) is 4.74. The van der Waals surface area contributed by atoms with E-state index in [4.69, 9.17) is 9.84 Å². The first-order valence-electron chi connectivity index (χ1n) is 6.31. The number of hydrogen-bond donors (Lipinski definition) is 2. The van der Waals surface area contributed by atoms with Crippen molar-refractivity contribution in [1.29, 1.82) is 0 Å². The van der Waals surface area contributed by atoms with Crippen LogP contribution >= 0.6 is 11.3 Å². The average Bonchev–Trinajstić information content (AvgIpc) is 2.89. The van der Waals surface area contributed by atoms with Gasteiger partial charge in [0.05, 0.1) is 11.0 Å². The molecule has 2 atom stereocenters. The summed E-state index contributed by atoms with van der Waals surface area (Å²) in [5, 5.41) is 10.2. The number of carboxylic acids is 1. The molecule has 0 aromatic carbocycles. The van der Waals surface area contributed by atoms with Gasteiger partial charge in [-0.05, 0) is 18.9 Å². The van der Waals surface area contributed by atoms with Gasteiger partial charge in [-0.2, -0.15) is 0 Å². The first-order chi connectivity index (χ1) is 9.44. The summed E-state index contributed by atoms with van der Waals surface area (Å²) in [4.78, 5) is 10.8. The number of nitrogens with one attached hydrogen (secondary N) is 1. The van der Waals surface area contributed by atoms with Crippen LogP contribution in [0.1, 0.15) is 35.4 Å². The Hall–Kier alpha value is -0.960. The lowest BCUT2D eigenvalue weighted by atomic mass is 9.93. The minimum absolute atomic E-state index is 0.000302. The molecule has 1 aliphatic carbocycles. The van der Waals surface area contributed by atoms with Crippen molar-refractivity contribution >= 4 is 27.3 Å². The lowest BCUT2D eigenvalue weighted by molar-refractivity contribution is 0.0493. The van der Waals surface area contributed by atoms with E-state index in [-0.39, 0.29) is 21.9 Å². The standard InChI is InChI=1S/C12H17NO5S2/c1-18-10-5-3-2-4-9(10)13-20(16,17)8-6-11(12(14)15)19-7-8/h6-7,9-10,13H,2-5H2,1H3,(H,14,15)/t9-,10-/m0/s1. The van der Waals surface area contributed by atoms with Crippen molar-refractivity contribution in [2.45, 2.75) is 42.7 Å². The molecule has 1 aromatic heterocycles. The van der Waals surface area contributed by atoms with Gasteiger partial charge in [0, 0.05) is 18.5 Å². The van der Waals surface area contributed by atoms with E-state index >= 15 is 0 Å². The number of carboxylic acid groups (broad SMARTS) is 1. The van der Waals surface area contributed by atoms with E-state index in [1.165, 1.54) is 11.4 Å². The number of thiophene rings is 1. The molecule has 0 spiro atoms. The Morgan fingerprint density at radius 1 is 1.45 bits per heavy atom. The maximum atomic E-state index is 12.2. The van der Waals surface area contributed by atoms with Crippen LogP contribution in [0, 0.1) is 0 Å². The molecule has 0 radical (unpaired) electrons. The zero-order valence-electron chi connectivity index (χ0n) is 11.0. The average molecular weight is 319 g/mol. The lowest BCUT2D eigenvalue weighted by Gasteiger charge is -2.30. The molecule has 1 aromatic rings. The summed E-state index contributed by atoms with van der Waals surface area (Å²) in [6.45, 7) is 0. The molecule has 0 aliphatic heterocycles. The number of aromatic carboxylic acids is 1. The van der Waals surface area contributed by atoms with Crippen LogP contribution in [-0.4, -0.2) is 38.7 Å². The minimum atomic E-state index is -3.70. The van der Waals surface area contributed by atoms with Crippen molar-refractivity contribution in [2.75, 3.05) is 7.11 Å². The summed E-state index contributed by atoms with van der Waals surface area (Å²) >= 11 is 0.903. The zero-order valence-corrected chi connectivity index (χ0v) is 12.7. The highest BCUT2D eigenvalue weighted by Gasteiger charge is 2.30. The summed E-state index contributed by atoms with van der Waals surface area (Å²) < 4.78 is 32.4. The third-order valence-electron chi connectivity index (χ3n) is 3.41.